The second-order valence-electron chi connectivity index (χ2n) is 6.13. The van der Waals surface area contributed by atoms with Gasteiger partial charge in [0.05, 0.1) is 17.4 Å². The summed E-state index contributed by atoms with van der Waals surface area (Å²) in [5, 5.41) is 12.3. The lowest BCUT2D eigenvalue weighted by Gasteiger charge is -2.11. The van der Waals surface area contributed by atoms with Crippen molar-refractivity contribution in [3.63, 3.8) is 0 Å². The number of halogens is 1. The van der Waals surface area contributed by atoms with Gasteiger partial charge in [0.15, 0.2) is 5.82 Å². The van der Waals surface area contributed by atoms with Gasteiger partial charge >= 0.3 is 0 Å². The lowest BCUT2D eigenvalue weighted by Crippen LogP contribution is -2.23. The molecule has 0 radical (unpaired) electrons. The zero-order chi connectivity index (χ0) is 18.3. The number of hydrogen-bond acceptors (Lipinski definition) is 4. The first-order valence-corrected chi connectivity index (χ1v) is 8.45. The van der Waals surface area contributed by atoms with Crippen LogP contribution in [-0.4, -0.2) is 19.2 Å². The first kappa shape index (κ1) is 16.3. The van der Waals surface area contributed by atoms with Crippen molar-refractivity contribution in [2.24, 2.45) is 0 Å². The number of anilines is 1. The second kappa shape index (κ2) is 6.25. The largest absolute Gasteiger partial charge is 0.377 e. The minimum Gasteiger partial charge on any atom is -0.377 e. The van der Waals surface area contributed by atoms with E-state index in [1.807, 2.05) is 36.4 Å². The Labute approximate surface area is 148 Å². The number of aromatic nitrogens is 4. The van der Waals surface area contributed by atoms with Crippen molar-refractivity contribution in [2.45, 2.75) is 26.9 Å². The normalized spacial score (nSPS) is 11.3. The molecule has 0 spiro atoms. The third-order valence-electron chi connectivity index (χ3n) is 4.53. The summed E-state index contributed by atoms with van der Waals surface area (Å²) in [7, 11) is 0. The van der Waals surface area contributed by atoms with Crippen LogP contribution < -0.4 is 10.9 Å². The van der Waals surface area contributed by atoms with Crippen LogP contribution >= 0.6 is 0 Å². The average Bonchev–Trinajstić information content (AvgIpc) is 3.07. The molecule has 4 aromatic rings. The van der Waals surface area contributed by atoms with Gasteiger partial charge in [0.25, 0.3) is 5.56 Å². The first-order valence-electron chi connectivity index (χ1n) is 8.45. The van der Waals surface area contributed by atoms with E-state index in [1.54, 1.807) is 16.7 Å². The first-order chi connectivity index (χ1) is 12.6. The Balaban J connectivity index is 1.85. The van der Waals surface area contributed by atoms with Crippen LogP contribution in [0.25, 0.3) is 16.7 Å². The van der Waals surface area contributed by atoms with Gasteiger partial charge in [-0.2, -0.15) is 0 Å². The predicted molar refractivity (Wildman–Crippen MR) is 98.9 cm³/mol. The number of hydrogen-bond donors (Lipinski definition) is 1. The third kappa shape index (κ3) is 2.52. The Morgan fingerprint density at radius 2 is 1.96 bits per heavy atom. The van der Waals surface area contributed by atoms with Crippen LogP contribution in [0.15, 0.2) is 47.3 Å². The van der Waals surface area contributed by atoms with E-state index in [0.29, 0.717) is 35.8 Å². The minimum atomic E-state index is -0.297. The smallest absolute Gasteiger partial charge is 0.262 e. The molecule has 0 aliphatic carbocycles. The number of para-hydroxylation sites is 1. The van der Waals surface area contributed by atoms with Crippen molar-refractivity contribution >= 4 is 22.4 Å². The van der Waals surface area contributed by atoms with Crippen molar-refractivity contribution in [1.29, 1.82) is 0 Å². The van der Waals surface area contributed by atoms with E-state index < -0.39 is 0 Å². The predicted octanol–water partition coefficient (Wildman–Crippen LogP) is 3.12. The molecule has 2 aromatic carbocycles. The van der Waals surface area contributed by atoms with Crippen LogP contribution in [0.1, 0.15) is 18.3 Å². The summed E-state index contributed by atoms with van der Waals surface area (Å²) in [6.07, 6.45) is 0. The van der Waals surface area contributed by atoms with Gasteiger partial charge in [-0.1, -0.05) is 18.2 Å². The number of benzene rings is 2. The Hall–Kier alpha value is -3.22. The highest BCUT2D eigenvalue weighted by atomic mass is 19.1. The van der Waals surface area contributed by atoms with Crippen molar-refractivity contribution < 1.29 is 4.39 Å². The molecule has 0 bridgehead atoms. The monoisotopic (exact) mass is 351 g/mol. The number of nitrogens with one attached hydrogen (secondary N) is 1. The van der Waals surface area contributed by atoms with Gasteiger partial charge in [0.2, 0.25) is 5.78 Å². The molecule has 4 rings (SSSR count). The molecule has 7 heteroatoms. The molecule has 0 aliphatic heterocycles. The van der Waals surface area contributed by atoms with Crippen molar-refractivity contribution in [2.75, 3.05) is 5.32 Å². The van der Waals surface area contributed by atoms with E-state index in [-0.39, 0.29) is 11.4 Å². The molecule has 26 heavy (non-hydrogen) atoms. The Morgan fingerprint density at radius 1 is 1.15 bits per heavy atom. The summed E-state index contributed by atoms with van der Waals surface area (Å²) >= 11 is 0. The molecule has 0 fully saturated rings. The van der Waals surface area contributed by atoms with Gasteiger partial charge in [-0.05, 0) is 43.7 Å². The molecule has 0 saturated heterocycles. The maximum absolute atomic E-state index is 13.5. The highest BCUT2D eigenvalue weighted by Gasteiger charge is 2.15. The maximum Gasteiger partial charge on any atom is 0.262 e. The Kier molecular flexibility index (Phi) is 3.91. The fraction of sp³-hybridized carbons (Fsp3) is 0.211. The fourth-order valence-electron chi connectivity index (χ4n) is 3.17. The second-order valence-corrected chi connectivity index (χ2v) is 6.13. The van der Waals surface area contributed by atoms with E-state index in [0.717, 1.165) is 11.1 Å². The molecule has 132 valence electrons. The Morgan fingerprint density at radius 3 is 2.77 bits per heavy atom. The molecular weight excluding hydrogens is 333 g/mol. The van der Waals surface area contributed by atoms with Crippen molar-refractivity contribution in [3.8, 4) is 0 Å². The summed E-state index contributed by atoms with van der Waals surface area (Å²) in [6.45, 7) is 4.67. The van der Waals surface area contributed by atoms with Crippen LogP contribution in [0.4, 0.5) is 10.1 Å². The summed E-state index contributed by atoms with van der Waals surface area (Å²) in [6, 6.07) is 12.0. The minimum absolute atomic E-state index is 0.0801. The lowest BCUT2D eigenvalue weighted by molar-refractivity contribution is 0.627. The number of rotatable bonds is 4. The molecule has 0 aliphatic rings. The quantitative estimate of drug-likeness (QED) is 0.614. The van der Waals surface area contributed by atoms with Crippen LogP contribution in [0.5, 0.6) is 0 Å². The topological polar surface area (TPSA) is 64.2 Å². The van der Waals surface area contributed by atoms with Gasteiger partial charge in [-0.15, -0.1) is 10.2 Å². The number of fused-ring (bicyclic) bond motifs is 3. The molecule has 6 nitrogen and oxygen atoms in total. The van der Waals surface area contributed by atoms with Crippen molar-refractivity contribution in [3.05, 3.63) is 70.0 Å². The van der Waals surface area contributed by atoms with E-state index in [1.165, 1.54) is 12.1 Å². The zero-order valence-corrected chi connectivity index (χ0v) is 14.5. The number of aryl methyl sites for hydroxylation is 2. The molecule has 1 N–H and O–H groups in total. The molecule has 2 heterocycles. The van der Waals surface area contributed by atoms with Gasteiger partial charge in [-0.25, -0.2) is 4.39 Å². The fourth-order valence-corrected chi connectivity index (χ4v) is 3.17. The summed E-state index contributed by atoms with van der Waals surface area (Å²) < 4.78 is 17.0. The van der Waals surface area contributed by atoms with Crippen LogP contribution in [-0.2, 0) is 13.1 Å². The van der Waals surface area contributed by atoms with E-state index in [2.05, 4.69) is 15.5 Å². The van der Waals surface area contributed by atoms with Crippen LogP contribution in [0.2, 0.25) is 0 Å². The van der Waals surface area contributed by atoms with Gasteiger partial charge in [-0.3, -0.25) is 13.8 Å². The summed E-state index contributed by atoms with van der Waals surface area (Å²) in [5.41, 5.74) is 2.32. The molecule has 0 amide bonds. The Bertz CT molecular complexity index is 1180. The molecule has 0 atom stereocenters. The third-order valence-corrected chi connectivity index (χ3v) is 4.53. The van der Waals surface area contributed by atoms with E-state index >= 15 is 0 Å². The van der Waals surface area contributed by atoms with Gasteiger partial charge in [0.1, 0.15) is 5.82 Å². The molecule has 2 aromatic heterocycles. The van der Waals surface area contributed by atoms with E-state index in [9.17, 15) is 9.18 Å². The SMILES string of the molecule is CCn1c(=O)c2ccccc2n2c(CNc3cc(F)ccc3C)nnc12. The zero-order valence-electron chi connectivity index (χ0n) is 14.5. The van der Waals surface area contributed by atoms with Crippen LogP contribution in [0.3, 0.4) is 0 Å². The maximum atomic E-state index is 13.5. The standard InChI is InChI=1S/C19H18FN5O/c1-3-24-18(26)14-6-4-5-7-16(14)25-17(22-23-19(24)25)11-21-15-10-13(20)9-8-12(15)2/h4-10,21H,3,11H2,1-2H3. The molecular formula is C19H18FN5O. The highest BCUT2D eigenvalue weighted by Crippen LogP contribution is 2.18. The lowest BCUT2D eigenvalue weighted by atomic mass is 10.2. The molecule has 0 saturated carbocycles. The van der Waals surface area contributed by atoms with Crippen molar-refractivity contribution in [1.82, 2.24) is 19.2 Å². The van der Waals surface area contributed by atoms with Crippen LogP contribution in [0, 0.1) is 12.7 Å². The van der Waals surface area contributed by atoms with Gasteiger partial charge < -0.3 is 5.32 Å². The summed E-state index contributed by atoms with van der Waals surface area (Å²) in [5.74, 6) is 0.862. The average molecular weight is 351 g/mol. The highest BCUT2D eigenvalue weighted by molar-refractivity contribution is 5.80. The summed E-state index contributed by atoms with van der Waals surface area (Å²) in [4.78, 5) is 12.7. The van der Waals surface area contributed by atoms with Gasteiger partial charge in [0, 0.05) is 12.2 Å². The molecule has 0 unspecified atom stereocenters. The number of nitrogens with zero attached hydrogens (tertiary/aromatic N) is 4. The van der Waals surface area contributed by atoms with E-state index in [4.69, 9.17) is 0 Å².